The molecule has 0 aliphatic heterocycles. The molecule has 2 aromatic rings. The fraction of sp³-hybridized carbons (Fsp3) is 0.167. The third kappa shape index (κ3) is 5.07. The molecule has 0 saturated carbocycles. The smallest absolute Gasteiger partial charge is 0.427 e. The molecule has 0 amide bonds. The van der Waals surface area contributed by atoms with Crippen molar-refractivity contribution < 1.29 is 27.5 Å². The van der Waals surface area contributed by atoms with Crippen LogP contribution in [-0.4, -0.2) is 22.2 Å². The molecule has 2 rings (SSSR count). The van der Waals surface area contributed by atoms with Crippen LogP contribution in [0, 0.1) is 0 Å². The summed E-state index contributed by atoms with van der Waals surface area (Å²) in [5.74, 6) is -4.16. The minimum atomic E-state index is -5.30. The normalized spacial score (nSPS) is 12.5. The molecule has 0 aliphatic carbocycles. The quantitative estimate of drug-likeness (QED) is 0.472. The third-order valence-corrected chi connectivity index (χ3v) is 3.41. The summed E-state index contributed by atoms with van der Waals surface area (Å²) in [7, 11) is 0. The Morgan fingerprint density at radius 2 is 1.28 bits per heavy atom. The van der Waals surface area contributed by atoms with Gasteiger partial charge in [-0.1, -0.05) is 60.7 Å². The molecule has 0 unspecified atom stereocenters. The van der Waals surface area contributed by atoms with E-state index < -0.39 is 23.7 Å². The van der Waals surface area contributed by atoms with Crippen LogP contribution in [0.5, 0.6) is 0 Å². The number of hydrogen-bond donors (Lipinski definition) is 1. The molecule has 0 bridgehead atoms. The molecule has 0 aliphatic rings. The van der Waals surface area contributed by atoms with E-state index in [4.69, 9.17) is 5.11 Å². The number of aliphatic carboxylic acids is 1. The van der Waals surface area contributed by atoms with Crippen LogP contribution >= 0.6 is 0 Å². The summed E-state index contributed by atoms with van der Waals surface area (Å²) in [6, 6.07) is 16.6. The SMILES string of the molecule is O=C(O)/C(=C(/F)N(Cc1ccccc1)Cc1ccccc1)C(F)(F)F. The van der Waals surface area contributed by atoms with E-state index in [-0.39, 0.29) is 13.1 Å². The van der Waals surface area contributed by atoms with Gasteiger partial charge in [0.05, 0.1) is 0 Å². The standard InChI is InChI=1S/C18H15F4NO2/c19-16(15(17(24)25)18(20,21)22)23(11-13-7-3-1-4-8-13)12-14-9-5-2-6-10-14/h1-10H,11-12H2,(H,24,25)/b16-15+. The number of hydrogen-bond acceptors (Lipinski definition) is 2. The predicted molar refractivity (Wildman–Crippen MR) is 84.0 cm³/mol. The van der Waals surface area contributed by atoms with Gasteiger partial charge in [-0.15, -0.1) is 0 Å². The zero-order chi connectivity index (χ0) is 18.4. The lowest BCUT2D eigenvalue weighted by Crippen LogP contribution is -2.29. The van der Waals surface area contributed by atoms with E-state index in [1.807, 2.05) is 0 Å². The minimum absolute atomic E-state index is 0.200. The van der Waals surface area contributed by atoms with Gasteiger partial charge in [-0.25, -0.2) is 4.79 Å². The van der Waals surface area contributed by atoms with E-state index in [2.05, 4.69) is 0 Å². The number of carbonyl (C=O) groups is 1. The molecule has 0 radical (unpaired) electrons. The Bertz CT molecular complexity index is 701. The summed E-state index contributed by atoms with van der Waals surface area (Å²) in [5, 5.41) is 8.82. The van der Waals surface area contributed by atoms with Gasteiger partial charge in [-0.3, -0.25) is 0 Å². The van der Waals surface area contributed by atoms with Gasteiger partial charge in [-0.2, -0.15) is 17.6 Å². The molecule has 1 N–H and O–H groups in total. The number of benzene rings is 2. The fourth-order valence-corrected chi connectivity index (χ4v) is 2.29. The Kier molecular flexibility index (Phi) is 5.80. The van der Waals surface area contributed by atoms with Crippen molar-refractivity contribution in [2.24, 2.45) is 0 Å². The van der Waals surface area contributed by atoms with E-state index in [0.717, 1.165) is 4.90 Å². The van der Waals surface area contributed by atoms with Crippen LogP contribution < -0.4 is 0 Å². The van der Waals surface area contributed by atoms with Gasteiger partial charge in [0, 0.05) is 13.1 Å². The second-order valence-electron chi connectivity index (χ2n) is 5.30. The minimum Gasteiger partial charge on any atom is -0.478 e. The summed E-state index contributed by atoms with van der Waals surface area (Å²) >= 11 is 0. The molecular formula is C18H15F4NO2. The molecule has 3 nitrogen and oxygen atoms in total. The Labute approximate surface area is 141 Å². The second-order valence-corrected chi connectivity index (χ2v) is 5.30. The summed E-state index contributed by atoms with van der Waals surface area (Å²) in [6.07, 6.45) is -5.30. The number of carboxylic acids is 1. The summed E-state index contributed by atoms with van der Waals surface area (Å²) < 4.78 is 53.4. The molecule has 0 spiro atoms. The molecule has 0 saturated heterocycles. The van der Waals surface area contributed by atoms with Crippen LogP contribution in [0.4, 0.5) is 17.6 Å². The van der Waals surface area contributed by atoms with Crippen LogP contribution in [0.2, 0.25) is 0 Å². The fourth-order valence-electron chi connectivity index (χ4n) is 2.29. The maximum absolute atomic E-state index is 14.6. The highest BCUT2D eigenvalue weighted by molar-refractivity contribution is 5.88. The highest BCUT2D eigenvalue weighted by Gasteiger charge is 2.43. The van der Waals surface area contributed by atoms with Gasteiger partial charge in [0.2, 0.25) is 5.95 Å². The van der Waals surface area contributed by atoms with Gasteiger partial charge in [-0.05, 0) is 11.1 Å². The van der Waals surface area contributed by atoms with Crippen molar-refractivity contribution in [3.8, 4) is 0 Å². The van der Waals surface area contributed by atoms with E-state index in [9.17, 15) is 22.4 Å². The van der Waals surface area contributed by atoms with Crippen LogP contribution in [-0.2, 0) is 17.9 Å². The highest BCUT2D eigenvalue weighted by Crippen LogP contribution is 2.31. The van der Waals surface area contributed by atoms with Crippen molar-refractivity contribution in [2.75, 3.05) is 0 Å². The van der Waals surface area contributed by atoms with E-state index in [1.54, 1.807) is 60.7 Å². The number of nitrogens with zero attached hydrogens (tertiary/aromatic N) is 1. The Hall–Kier alpha value is -2.83. The lowest BCUT2D eigenvalue weighted by molar-refractivity contribution is -0.146. The molecular weight excluding hydrogens is 338 g/mol. The third-order valence-electron chi connectivity index (χ3n) is 3.41. The molecule has 7 heteroatoms. The molecule has 0 aromatic heterocycles. The van der Waals surface area contributed by atoms with Crippen molar-refractivity contribution in [1.82, 2.24) is 4.90 Å². The largest absolute Gasteiger partial charge is 0.478 e. The lowest BCUT2D eigenvalue weighted by atomic mass is 10.1. The van der Waals surface area contributed by atoms with Gasteiger partial charge >= 0.3 is 12.1 Å². The van der Waals surface area contributed by atoms with Gasteiger partial charge in [0.1, 0.15) is 0 Å². The molecule has 2 aromatic carbocycles. The predicted octanol–water partition coefficient (Wildman–Crippen LogP) is 4.52. The Morgan fingerprint density at radius 1 is 0.880 bits per heavy atom. The molecule has 0 fully saturated rings. The number of carboxylic acid groups (broad SMARTS) is 1. The first-order chi connectivity index (χ1) is 11.8. The van der Waals surface area contributed by atoms with Crippen LogP contribution in [0.15, 0.2) is 72.2 Å². The summed E-state index contributed by atoms with van der Waals surface area (Å²) in [4.78, 5) is 11.7. The first-order valence-corrected chi connectivity index (χ1v) is 7.32. The maximum atomic E-state index is 14.6. The molecule has 0 atom stereocenters. The van der Waals surface area contributed by atoms with Crippen LogP contribution in [0.3, 0.4) is 0 Å². The van der Waals surface area contributed by atoms with Crippen LogP contribution in [0.25, 0.3) is 0 Å². The van der Waals surface area contributed by atoms with Crippen molar-refractivity contribution in [3.05, 3.63) is 83.3 Å². The summed E-state index contributed by atoms with van der Waals surface area (Å²) in [5.41, 5.74) is -1.10. The average Bonchev–Trinajstić information content (AvgIpc) is 2.54. The summed E-state index contributed by atoms with van der Waals surface area (Å²) in [6.45, 7) is -0.400. The number of alkyl halides is 3. The van der Waals surface area contributed by atoms with Crippen molar-refractivity contribution >= 4 is 5.97 Å². The van der Waals surface area contributed by atoms with Crippen molar-refractivity contribution in [1.29, 1.82) is 0 Å². The topological polar surface area (TPSA) is 40.5 Å². The van der Waals surface area contributed by atoms with Gasteiger partial charge in [0.25, 0.3) is 0 Å². The number of halogens is 4. The monoisotopic (exact) mass is 353 g/mol. The zero-order valence-corrected chi connectivity index (χ0v) is 13.0. The van der Waals surface area contributed by atoms with Gasteiger partial charge in [0.15, 0.2) is 5.57 Å². The highest BCUT2D eigenvalue weighted by atomic mass is 19.4. The van der Waals surface area contributed by atoms with E-state index in [1.165, 1.54) is 0 Å². The Balaban J connectivity index is 2.43. The molecule has 0 heterocycles. The van der Waals surface area contributed by atoms with E-state index in [0.29, 0.717) is 11.1 Å². The van der Waals surface area contributed by atoms with Gasteiger partial charge < -0.3 is 10.0 Å². The maximum Gasteiger partial charge on any atom is 0.427 e. The van der Waals surface area contributed by atoms with Crippen LogP contribution in [0.1, 0.15) is 11.1 Å². The first kappa shape index (κ1) is 18.5. The Morgan fingerprint density at radius 3 is 1.60 bits per heavy atom. The first-order valence-electron chi connectivity index (χ1n) is 7.32. The van der Waals surface area contributed by atoms with Crippen molar-refractivity contribution in [3.63, 3.8) is 0 Å². The number of rotatable bonds is 6. The van der Waals surface area contributed by atoms with Crippen molar-refractivity contribution in [2.45, 2.75) is 19.3 Å². The molecule has 132 valence electrons. The average molecular weight is 353 g/mol. The zero-order valence-electron chi connectivity index (χ0n) is 13.0. The lowest BCUT2D eigenvalue weighted by Gasteiger charge is -2.25. The second kappa shape index (κ2) is 7.83. The molecule has 25 heavy (non-hydrogen) atoms. The van der Waals surface area contributed by atoms with E-state index >= 15 is 0 Å².